The Kier molecular flexibility index (Phi) is 5.70. The molecular weight excluding hydrogens is 404 g/mol. The van der Waals surface area contributed by atoms with Crippen LogP contribution >= 0.6 is 0 Å². The molecule has 30 heavy (non-hydrogen) atoms. The summed E-state index contributed by atoms with van der Waals surface area (Å²) in [5, 5.41) is 0.337. The lowest BCUT2D eigenvalue weighted by atomic mass is 9.97. The summed E-state index contributed by atoms with van der Waals surface area (Å²) in [7, 11) is -3.74. The summed E-state index contributed by atoms with van der Waals surface area (Å²) in [4.78, 5) is 0. The largest absolute Gasteiger partial charge is 0.543 e. The van der Waals surface area contributed by atoms with Gasteiger partial charge in [-0.05, 0) is 66.1 Å². The minimum absolute atomic E-state index is 0.164. The molecule has 5 heteroatoms. The lowest BCUT2D eigenvalue weighted by molar-refractivity contribution is 0.300. The molecule has 0 saturated carbocycles. The van der Waals surface area contributed by atoms with Crippen LogP contribution < -0.4 is 13.6 Å². The molecule has 0 radical (unpaired) electrons. The van der Waals surface area contributed by atoms with E-state index >= 15 is 0 Å². The predicted octanol–water partition coefficient (Wildman–Crippen LogP) is 8.01. The lowest BCUT2D eigenvalue weighted by Crippen LogP contribution is -2.43. The number of hydrogen-bond donors (Lipinski definition) is 0. The van der Waals surface area contributed by atoms with Gasteiger partial charge < -0.3 is 13.6 Å². The lowest BCUT2D eigenvalue weighted by Gasteiger charge is -2.37. The molecular formula is C25H38O3Si2. The third-order valence-corrected chi connectivity index (χ3v) is 15.8. The molecule has 1 aliphatic rings. The zero-order valence-corrected chi connectivity index (χ0v) is 22.4. The molecule has 3 rings (SSSR count). The number of benzene rings is 2. The van der Waals surface area contributed by atoms with E-state index in [1.165, 1.54) is 11.1 Å². The average molecular weight is 443 g/mol. The molecule has 1 aliphatic heterocycles. The molecule has 0 bridgehead atoms. The Morgan fingerprint density at radius 1 is 0.700 bits per heavy atom. The minimum Gasteiger partial charge on any atom is -0.543 e. The van der Waals surface area contributed by atoms with Gasteiger partial charge in [0.2, 0.25) is 16.6 Å². The van der Waals surface area contributed by atoms with E-state index in [1.54, 1.807) is 0 Å². The smallest absolute Gasteiger partial charge is 0.250 e. The van der Waals surface area contributed by atoms with Crippen LogP contribution in [0, 0.1) is 0 Å². The van der Waals surface area contributed by atoms with E-state index in [0.29, 0.717) is 6.61 Å². The predicted molar refractivity (Wildman–Crippen MR) is 132 cm³/mol. The van der Waals surface area contributed by atoms with Gasteiger partial charge in [-0.25, -0.2) is 0 Å². The first-order valence-electron chi connectivity index (χ1n) is 10.9. The van der Waals surface area contributed by atoms with Gasteiger partial charge in [0.15, 0.2) is 0 Å². The van der Waals surface area contributed by atoms with Crippen LogP contribution in [0.4, 0.5) is 0 Å². The summed E-state index contributed by atoms with van der Waals surface area (Å²) >= 11 is 0. The zero-order valence-electron chi connectivity index (χ0n) is 20.4. The van der Waals surface area contributed by atoms with Gasteiger partial charge in [-0.1, -0.05) is 47.6 Å². The molecule has 0 saturated heterocycles. The highest BCUT2D eigenvalue weighted by Crippen LogP contribution is 2.44. The summed E-state index contributed by atoms with van der Waals surface area (Å²) in [6, 6.07) is 12.7. The first-order valence-corrected chi connectivity index (χ1v) is 16.7. The van der Waals surface area contributed by atoms with Crippen LogP contribution in [0.25, 0.3) is 11.1 Å². The second-order valence-corrected chi connectivity index (χ2v) is 20.9. The van der Waals surface area contributed by atoms with Gasteiger partial charge >= 0.3 is 0 Å². The second-order valence-electron chi connectivity index (χ2n) is 11.5. The van der Waals surface area contributed by atoms with Crippen molar-refractivity contribution in [3.8, 4) is 28.4 Å². The molecule has 0 aliphatic carbocycles. The van der Waals surface area contributed by atoms with Gasteiger partial charge in [0.05, 0.1) is 0 Å². The maximum atomic E-state index is 6.49. The zero-order chi connectivity index (χ0) is 22.5. The number of hydrogen-bond acceptors (Lipinski definition) is 3. The van der Waals surface area contributed by atoms with Gasteiger partial charge in [-0.3, -0.25) is 0 Å². The Labute approximate surface area is 185 Å². The molecule has 3 nitrogen and oxygen atoms in total. The molecule has 1 heterocycles. The van der Waals surface area contributed by atoms with E-state index in [1.807, 2.05) is 0 Å². The normalized spacial score (nSPS) is 14.5. The molecule has 0 spiro atoms. The van der Waals surface area contributed by atoms with E-state index < -0.39 is 16.6 Å². The Morgan fingerprint density at radius 3 is 1.67 bits per heavy atom. The van der Waals surface area contributed by atoms with Crippen molar-refractivity contribution in [3.05, 3.63) is 42.0 Å². The van der Waals surface area contributed by atoms with Crippen molar-refractivity contribution in [2.75, 3.05) is 0 Å². The monoisotopic (exact) mass is 442 g/mol. The van der Waals surface area contributed by atoms with Crippen molar-refractivity contribution in [2.45, 2.75) is 84.4 Å². The molecule has 164 valence electrons. The van der Waals surface area contributed by atoms with Gasteiger partial charge in [0.1, 0.15) is 23.9 Å². The highest BCUT2D eigenvalue weighted by atomic mass is 28.4. The SMILES string of the molecule is CC(C)(C)[Si](C)(C)Oc1ccc2c(c1)COc1cc(O[Si](C)(C)C(C)(C)C)ccc1-2. The van der Waals surface area contributed by atoms with E-state index in [9.17, 15) is 0 Å². The highest BCUT2D eigenvalue weighted by molar-refractivity contribution is 6.75. The Hall–Kier alpha value is -1.73. The third kappa shape index (κ3) is 4.47. The molecule has 0 atom stereocenters. The fourth-order valence-corrected chi connectivity index (χ4v) is 5.02. The Morgan fingerprint density at radius 2 is 1.17 bits per heavy atom. The number of ether oxygens (including phenoxy) is 1. The molecule has 0 amide bonds. The van der Waals surface area contributed by atoms with Crippen LogP contribution in [0.2, 0.25) is 36.3 Å². The summed E-state index contributed by atoms with van der Waals surface area (Å²) in [5.74, 6) is 2.75. The highest BCUT2D eigenvalue weighted by Gasteiger charge is 2.40. The first kappa shape index (κ1) is 22.9. The molecule has 2 aromatic rings. The van der Waals surface area contributed by atoms with Crippen LogP contribution in [-0.2, 0) is 6.61 Å². The van der Waals surface area contributed by atoms with Gasteiger partial charge in [-0.2, -0.15) is 0 Å². The summed E-state index contributed by atoms with van der Waals surface area (Å²) in [5.41, 5.74) is 3.52. The van der Waals surface area contributed by atoms with E-state index in [0.717, 1.165) is 22.8 Å². The van der Waals surface area contributed by atoms with Crippen molar-refractivity contribution in [1.82, 2.24) is 0 Å². The van der Waals surface area contributed by atoms with Crippen LogP contribution in [-0.4, -0.2) is 16.6 Å². The Balaban J connectivity index is 1.87. The van der Waals surface area contributed by atoms with Crippen molar-refractivity contribution < 1.29 is 13.6 Å². The number of fused-ring (bicyclic) bond motifs is 3. The molecule has 2 aromatic carbocycles. The van der Waals surface area contributed by atoms with Crippen LogP contribution in [0.5, 0.6) is 17.2 Å². The maximum absolute atomic E-state index is 6.49. The topological polar surface area (TPSA) is 27.7 Å². The molecule has 0 unspecified atom stereocenters. The van der Waals surface area contributed by atoms with Crippen molar-refractivity contribution >= 4 is 16.6 Å². The van der Waals surface area contributed by atoms with E-state index in [-0.39, 0.29) is 10.1 Å². The summed E-state index contributed by atoms with van der Waals surface area (Å²) < 4.78 is 19.1. The van der Waals surface area contributed by atoms with Gasteiger partial charge in [-0.15, -0.1) is 0 Å². The quantitative estimate of drug-likeness (QED) is 0.449. The third-order valence-electron chi connectivity index (χ3n) is 7.06. The van der Waals surface area contributed by atoms with Crippen molar-refractivity contribution in [1.29, 1.82) is 0 Å². The van der Waals surface area contributed by atoms with E-state index in [4.69, 9.17) is 13.6 Å². The minimum atomic E-state index is -1.88. The Bertz CT molecular complexity index is 857. The fourth-order valence-electron chi connectivity index (χ4n) is 2.97. The van der Waals surface area contributed by atoms with Crippen LogP contribution in [0.15, 0.2) is 36.4 Å². The van der Waals surface area contributed by atoms with Crippen LogP contribution in [0.3, 0.4) is 0 Å². The summed E-state index contributed by atoms with van der Waals surface area (Å²) in [6.07, 6.45) is 0. The fraction of sp³-hybridized carbons (Fsp3) is 0.520. The summed E-state index contributed by atoms with van der Waals surface area (Å²) in [6.45, 7) is 23.2. The number of rotatable bonds is 4. The molecule has 0 aromatic heterocycles. The first-order chi connectivity index (χ1) is 13.6. The standard InChI is InChI=1S/C25H38O3Si2/c1-24(2,3)29(7,8)27-19-11-13-21-18(15-19)17-26-23-16-20(12-14-22(21)23)28-30(9,10)25(4,5)6/h11-16H,17H2,1-10H3. The van der Waals surface area contributed by atoms with Gasteiger partial charge in [0, 0.05) is 17.2 Å². The second kappa shape index (κ2) is 7.45. The van der Waals surface area contributed by atoms with Gasteiger partial charge in [0.25, 0.3) is 0 Å². The van der Waals surface area contributed by atoms with Crippen molar-refractivity contribution in [3.63, 3.8) is 0 Å². The molecule has 0 N–H and O–H groups in total. The average Bonchev–Trinajstić information content (AvgIpc) is 2.58. The van der Waals surface area contributed by atoms with Crippen molar-refractivity contribution in [2.24, 2.45) is 0 Å². The molecule has 0 fully saturated rings. The van der Waals surface area contributed by atoms with Crippen LogP contribution in [0.1, 0.15) is 47.1 Å². The maximum Gasteiger partial charge on any atom is 0.250 e. The van der Waals surface area contributed by atoms with E-state index in [2.05, 4.69) is 104 Å².